The van der Waals surface area contributed by atoms with Crippen LogP contribution in [0.4, 0.5) is 5.69 Å². The summed E-state index contributed by atoms with van der Waals surface area (Å²) in [5, 5.41) is 16.4. The summed E-state index contributed by atoms with van der Waals surface area (Å²) < 4.78 is 0.791. The minimum atomic E-state index is -0.389. The summed E-state index contributed by atoms with van der Waals surface area (Å²) in [5.74, 6) is -0.364. The Morgan fingerprint density at radius 2 is 1.92 bits per heavy atom. The lowest BCUT2D eigenvalue weighted by atomic mass is 10.2. The predicted molar refractivity (Wildman–Crippen MR) is 105 cm³/mol. The van der Waals surface area contributed by atoms with Gasteiger partial charge in [-0.2, -0.15) is 5.10 Å². The van der Waals surface area contributed by atoms with Crippen molar-refractivity contribution in [2.75, 3.05) is 5.32 Å². The Kier molecular flexibility index (Phi) is 7.35. The maximum Gasteiger partial charge on any atom is 0.271 e. The Labute approximate surface area is 160 Å². The van der Waals surface area contributed by atoms with Crippen LogP contribution in [-0.2, 0) is 4.79 Å². The Hall–Kier alpha value is -2.67. The SMILES string of the molecule is CCCCC(=O)Nc1ccc(C(=O)N/N=C/c2cc(Br)ccc2O)cc1. The zero-order valence-electron chi connectivity index (χ0n) is 14.3. The van der Waals surface area contributed by atoms with Crippen molar-refractivity contribution in [1.82, 2.24) is 5.43 Å². The van der Waals surface area contributed by atoms with Gasteiger partial charge in [0.15, 0.2) is 0 Å². The number of hydrazone groups is 1. The number of benzene rings is 2. The Morgan fingerprint density at radius 1 is 1.19 bits per heavy atom. The van der Waals surface area contributed by atoms with Gasteiger partial charge in [-0.15, -0.1) is 0 Å². The van der Waals surface area contributed by atoms with E-state index in [0.29, 0.717) is 23.2 Å². The van der Waals surface area contributed by atoms with Gasteiger partial charge in [0.2, 0.25) is 5.91 Å². The number of aromatic hydroxyl groups is 1. The van der Waals surface area contributed by atoms with E-state index in [9.17, 15) is 14.7 Å². The average Bonchev–Trinajstić information content (AvgIpc) is 2.63. The number of rotatable bonds is 7. The molecule has 0 spiro atoms. The van der Waals surface area contributed by atoms with Crippen LogP contribution in [0.3, 0.4) is 0 Å². The molecule has 0 radical (unpaired) electrons. The van der Waals surface area contributed by atoms with Crippen molar-refractivity contribution in [3.63, 3.8) is 0 Å². The van der Waals surface area contributed by atoms with Crippen molar-refractivity contribution < 1.29 is 14.7 Å². The lowest BCUT2D eigenvalue weighted by molar-refractivity contribution is -0.116. The van der Waals surface area contributed by atoms with Crippen LogP contribution < -0.4 is 10.7 Å². The van der Waals surface area contributed by atoms with Crippen LogP contribution in [0.2, 0.25) is 0 Å². The Balaban J connectivity index is 1.92. The highest BCUT2D eigenvalue weighted by molar-refractivity contribution is 9.10. The molecule has 2 aromatic carbocycles. The van der Waals surface area contributed by atoms with Crippen molar-refractivity contribution in [1.29, 1.82) is 0 Å². The molecule has 6 nitrogen and oxygen atoms in total. The molecule has 3 N–H and O–H groups in total. The van der Waals surface area contributed by atoms with E-state index >= 15 is 0 Å². The zero-order valence-corrected chi connectivity index (χ0v) is 15.9. The first-order chi connectivity index (χ1) is 12.5. The molecule has 26 heavy (non-hydrogen) atoms. The summed E-state index contributed by atoms with van der Waals surface area (Å²) in [6.45, 7) is 2.03. The van der Waals surface area contributed by atoms with Crippen LogP contribution in [0.5, 0.6) is 5.75 Å². The second-order valence-corrected chi connectivity index (χ2v) is 6.55. The van der Waals surface area contributed by atoms with Gasteiger partial charge in [0, 0.05) is 27.7 Å². The second-order valence-electron chi connectivity index (χ2n) is 5.63. The minimum absolute atomic E-state index is 0.0394. The van der Waals surface area contributed by atoms with Crippen LogP contribution >= 0.6 is 15.9 Å². The van der Waals surface area contributed by atoms with E-state index in [-0.39, 0.29) is 17.6 Å². The number of carbonyl (C=O) groups is 2. The number of anilines is 1. The summed E-state index contributed by atoms with van der Waals surface area (Å²) in [4.78, 5) is 23.8. The molecule has 0 saturated heterocycles. The van der Waals surface area contributed by atoms with Crippen molar-refractivity contribution in [2.45, 2.75) is 26.2 Å². The highest BCUT2D eigenvalue weighted by Gasteiger charge is 2.06. The van der Waals surface area contributed by atoms with Crippen LogP contribution in [0, 0.1) is 0 Å². The molecule has 0 heterocycles. The van der Waals surface area contributed by atoms with E-state index in [1.807, 2.05) is 6.92 Å². The molecule has 0 saturated carbocycles. The van der Waals surface area contributed by atoms with E-state index in [1.54, 1.807) is 36.4 Å². The van der Waals surface area contributed by atoms with Gasteiger partial charge in [0.05, 0.1) is 6.21 Å². The van der Waals surface area contributed by atoms with Gasteiger partial charge >= 0.3 is 0 Å². The number of nitrogens with one attached hydrogen (secondary N) is 2. The molecule has 0 aliphatic carbocycles. The second kappa shape index (κ2) is 9.72. The lowest BCUT2D eigenvalue weighted by Gasteiger charge is -2.06. The Bertz CT molecular complexity index is 804. The first-order valence-electron chi connectivity index (χ1n) is 8.21. The molecule has 2 rings (SSSR count). The zero-order chi connectivity index (χ0) is 18.9. The van der Waals surface area contributed by atoms with Gasteiger partial charge in [0.25, 0.3) is 5.91 Å². The van der Waals surface area contributed by atoms with E-state index in [1.165, 1.54) is 12.3 Å². The number of hydrogen-bond donors (Lipinski definition) is 3. The molecule has 0 atom stereocenters. The number of halogens is 1. The molecule has 136 valence electrons. The number of unbranched alkanes of at least 4 members (excludes halogenated alkanes) is 1. The number of nitrogens with zero attached hydrogens (tertiary/aromatic N) is 1. The number of hydrogen-bond acceptors (Lipinski definition) is 4. The summed E-state index contributed by atoms with van der Waals surface area (Å²) in [6, 6.07) is 11.5. The van der Waals surface area contributed by atoms with E-state index in [2.05, 4.69) is 31.8 Å². The normalized spacial score (nSPS) is 10.7. The average molecular weight is 418 g/mol. The molecule has 0 aromatic heterocycles. The molecule has 0 unspecified atom stereocenters. The van der Waals surface area contributed by atoms with Crippen LogP contribution in [-0.4, -0.2) is 23.1 Å². The van der Waals surface area contributed by atoms with Crippen molar-refractivity contribution in [3.05, 3.63) is 58.1 Å². The predicted octanol–water partition coefficient (Wildman–Crippen LogP) is 4.05. The molecular formula is C19H20BrN3O3. The molecule has 2 aromatic rings. The molecular weight excluding hydrogens is 398 g/mol. The van der Waals surface area contributed by atoms with Crippen LogP contribution in [0.25, 0.3) is 0 Å². The molecule has 0 aliphatic heterocycles. The van der Waals surface area contributed by atoms with E-state index in [0.717, 1.165) is 17.3 Å². The third-order valence-corrected chi connectivity index (χ3v) is 4.04. The molecule has 7 heteroatoms. The fraction of sp³-hybridized carbons (Fsp3) is 0.211. The fourth-order valence-corrected chi connectivity index (χ4v) is 2.50. The van der Waals surface area contributed by atoms with Gasteiger partial charge in [0.1, 0.15) is 5.75 Å². The largest absolute Gasteiger partial charge is 0.507 e. The maximum absolute atomic E-state index is 12.1. The molecule has 2 amide bonds. The number of phenolic OH excluding ortho intramolecular Hbond substituents is 1. The monoisotopic (exact) mass is 417 g/mol. The van der Waals surface area contributed by atoms with Gasteiger partial charge in [-0.25, -0.2) is 5.43 Å². The maximum atomic E-state index is 12.1. The van der Waals surface area contributed by atoms with Crippen molar-refractivity contribution in [3.8, 4) is 5.75 Å². The van der Waals surface area contributed by atoms with Crippen LogP contribution in [0.15, 0.2) is 52.0 Å². The Morgan fingerprint density at radius 3 is 2.62 bits per heavy atom. The first-order valence-corrected chi connectivity index (χ1v) is 9.00. The quantitative estimate of drug-likeness (QED) is 0.468. The highest BCUT2D eigenvalue weighted by atomic mass is 79.9. The van der Waals surface area contributed by atoms with E-state index in [4.69, 9.17) is 0 Å². The lowest BCUT2D eigenvalue weighted by Crippen LogP contribution is -2.17. The molecule has 0 bridgehead atoms. The van der Waals surface area contributed by atoms with Crippen LogP contribution in [0.1, 0.15) is 42.1 Å². The third-order valence-electron chi connectivity index (χ3n) is 3.55. The van der Waals surface area contributed by atoms with Gasteiger partial charge in [-0.1, -0.05) is 29.3 Å². The minimum Gasteiger partial charge on any atom is -0.507 e. The topological polar surface area (TPSA) is 90.8 Å². The molecule has 0 aliphatic rings. The van der Waals surface area contributed by atoms with Gasteiger partial charge in [-0.3, -0.25) is 9.59 Å². The van der Waals surface area contributed by atoms with Gasteiger partial charge < -0.3 is 10.4 Å². The van der Waals surface area contributed by atoms with E-state index < -0.39 is 0 Å². The van der Waals surface area contributed by atoms with Gasteiger partial charge in [-0.05, 0) is 48.9 Å². The summed E-state index contributed by atoms with van der Waals surface area (Å²) in [5.41, 5.74) is 3.93. The number of phenols is 1. The standard InChI is InChI=1S/C19H20BrN3O3/c1-2-3-4-18(25)22-16-8-5-13(6-9-16)19(26)23-21-12-14-11-15(20)7-10-17(14)24/h5-12,24H,2-4H2,1H3,(H,22,25)(H,23,26)/b21-12+. The summed E-state index contributed by atoms with van der Waals surface area (Å²) in [6.07, 6.45) is 3.65. The third kappa shape index (κ3) is 6.00. The molecule has 0 fully saturated rings. The fourth-order valence-electron chi connectivity index (χ4n) is 2.12. The summed E-state index contributed by atoms with van der Waals surface area (Å²) >= 11 is 3.30. The first kappa shape index (κ1) is 19.7. The summed E-state index contributed by atoms with van der Waals surface area (Å²) in [7, 11) is 0. The smallest absolute Gasteiger partial charge is 0.271 e. The number of amides is 2. The van der Waals surface area contributed by atoms with Crippen molar-refractivity contribution in [2.24, 2.45) is 5.10 Å². The van der Waals surface area contributed by atoms with Crippen molar-refractivity contribution >= 4 is 39.6 Å². The number of carbonyl (C=O) groups excluding carboxylic acids is 2. The highest BCUT2D eigenvalue weighted by Crippen LogP contribution is 2.20.